The van der Waals surface area contributed by atoms with E-state index in [4.69, 9.17) is 0 Å². The molecule has 2 aromatic rings. The summed E-state index contributed by atoms with van der Waals surface area (Å²) in [6.07, 6.45) is 1.53. The molecular formula is C11H14N4. The van der Waals surface area contributed by atoms with E-state index in [0.717, 1.165) is 5.82 Å². The Morgan fingerprint density at radius 3 is 2.73 bits per heavy atom. The molecule has 4 nitrogen and oxygen atoms in total. The molecular weight excluding hydrogens is 188 g/mol. The number of nitrogens with zero attached hydrogens (tertiary/aromatic N) is 2. The van der Waals surface area contributed by atoms with Gasteiger partial charge in [-0.05, 0) is 25.1 Å². The van der Waals surface area contributed by atoms with E-state index >= 15 is 0 Å². The summed E-state index contributed by atoms with van der Waals surface area (Å²) in [5.41, 5.74) is 2.46. The molecule has 78 valence electrons. The molecule has 2 N–H and O–H groups in total. The van der Waals surface area contributed by atoms with Crippen molar-refractivity contribution >= 4 is 0 Å². The summed E-state index contributed by atoms with van der Waals surface area (Å²) in [5.74, 6) is 0.840. The van der Waals surface area contributed by atoms with Crippen LogP contribution in [0.15, 0.2) is 30.6 Å². The molecule has 0 radical (unpaired) electrons. The van der Waals surface area contributed by atoms with Crippen LogP contribution in [0.1, 0.15) is 23.0 Å². The molecule has 0 bridgehead atoms. The SMILES string of the molecule is CNC(c1ncn[nH]1)c1ccccc1C. The third-order valence-electron chi connectivity index (χ3n) is 2.50. The molecule has 0 aliphatic rings. The minimum atomic E-state index is 0.0775. The number of aryl methyl sites for hydroxylation is 1. The molecule has 0 saturated carbocycles. The number of rotatable bonds is 3. The predicted molar refractivity (Wildman–Crippen MR) is 58.5 cm³/mol. The van der Waals surface area contributed by atoms with Crippen LogP contribution in [0.2, 0.25) is 0 Å². The van der Waals surface area contributed by atoms with E-state index in [0.29, 0.717) is 0 Å². The van der Waals surface area contributed by atoms with Gasteiger partial charge in [0.1, 0.15) is 12.2 Å². The second-order valence-electron chi connectivity index (χ2n) is 3.45. The molecule has 0 saturated heterocycles. The van der Waals surface area contributed by atoms with E-state index in [9.17, 15) is 0 Å². The first-order chi connectivity index (χ1) is 7.33. The first-order valence-electron chi connectivity index (χ1n) is 4.91. The number of nitrogens with one attached hydrogen (secondary N) is 2. The zero-order valence-corrected chi connectivity index (χ0v) is 8.86. The first-order valence-corrected chi connectivity index (χ1v) is 4.91. The van der Waals surface area contributed by atoms with Gasteiger partial charge in [0.15, 0.2) is 0 Å². The third-order valence-corrected chi connectivity index (χ3v) is 2.50. The van der Waals surface area contributed by atoms with Gasteiger partial charge < -0.3 is 5.32 Å². The van der Waals surface area contributed by atoms with Gasteiger partial charge in [-0.3, -0.25) is 5.10 Å². The van der Waals surface area contributed by atoms with Crippen LogP contribution < -0.4 is 5.32 Å². The number of hydrogen-bond donors (Lipinski definition) is 2. The molecule has 2 rings (SSSR count). The van der Waals surface area contributed by atoms with Crippen LogP contribution in [0.5, 0.6) is 0 Å². The van der Waals surface area contributed by atoms with Crippen molar-refractivity contribution in [3.63, 3.8) is 0 Å². The number of hydrogen-bond acceptors (Lipinski definition) is 3. The summed E-state index contributed by atoms with van der Waals surface area (Å²) in [6, 6.07) is 8.33. The van der Waals surface area contributed by atoms with Crippen LogP contribution in [0, 0.1) is 6.92 Å². The maximum atomic E-state index is 4.18. The van der Waals surface area contributed by atoms with Gasteiger partial charge in [0.25, 0.3) is 0 Å². The average Bonchev–Trinajstić information content (AvgIpc) is 2.75. The monoisotopic (exact) mass is 202 g/mol. The highest BCUT2D eigenvalue weighted by atomic mass is 15.2. The minimum absolute atomic E-state index is 0.0775. The summed E-state index contributed by atoms with van der Waals surface area (Å²) in [7, 11) is 1.92. The van der Waals surface area contributed by atoms with E-state index < -0.39 is 0 Å². The summed E-state index contributed by atoms with van der Waals surface area (Å²) in [5, 5.41) is 9.99. The van der Waals surface area contributed by atoms with Crippen LogP contribution in [0.3, 0.4) is 0 Å². The van der Waals surface area contributed by atoms with Crippen molar-refractivity contribution in [2.45, 2.75) is 13.0 Å². The second-order valence-corrected chi connectivity index (χ2v) is 3.45. The van der Waals surface area contributed by atoms with Crippen LogP contribution in [0.25, 0.3) is 0 Å². The molecule has 1 heterocycles. The number of aromatic amines is 1. The molecule has 1 atom stereocenters. The number of H-pyrrole nitrogens is 1. The minimum Gasteiger partial charge on any atom is -0.307 e. The molecule has 4 heteroatoms. The molecule has 0 aliphatic heterocycles. The molecule has 1 aromatic heterocycles. The smallest absolute Gasteiger partial charge is 0.145 e. The zero-order valence-electron chi connectivity index (χ0n) is 8.86. The van der Waals surface area contributed by atoms with E-state index in [1.54, 1.807) is 0 Å². The number of benzene rings is 1. The Morgan fingerprint density at radius 1 is 1.33 bits per heavy atom. The van der Waals surface area contributed by atoms with E-state index in [1.807, 2.05) is 19.2 Å². The maximum Gasteiger partial charge on any atom is 0.145 e. The summed E-state index contributed by atoms with van der Waals surface area (Å²) in [4.78, 5) is 4.18. The van der Waals surface area contributed by atoms with Crippen molar-refractivity contribution in [2.24, 2.45) is 0 Å². The van der Waals surface area contributed by atoms with Gasteiger partial charge in [0.2, 0.25) is 0 Å². The van der Waals surface area contributed by atoms with Gasteiger partial charge >= 0.3 is 0 Å². The van der Waals surface area contributed by atoms with Crippen molar-refractivity contribution in [3.05, 3.63) is 47.5 Å². The van der Waals surface area contributed by atoms with Gasteiger partial charge in [-0.1, -0.05) is 24.3 Å². The average molecular weight is 202 g/mol. The highest BCUT2D eigenvalue weighted by Gasteiger charge is 2.15. The molecule has 0 aliphatic carbocycles. The van der Waals surface area contributed by atoms with Crippen LogP contribution in [-0.2, 0) is 0 Å². The van der Waals surface area contributed by atoms with Crippen LogP contribution in [0.4, 0.5) is 0 Å². The Balaban J connectivity index is 2.40. The second kappa shape index (κ2) is 4.23. The Bertz CT molecular complexity index is 422. The van der Waals surface area contributed by atoms with E-state index in [2.05, 4.69) is 39.6 Å². The van der Waals surface area contributed by atoms with Crippen molar-refractivity contribution in [1.29, 1.82) is 0 Å². The van der Waals surface area contributed by atoms with Gasteiger partial charge in [-0.25, -0.2) is 4.98 Å². The van der Waals surface area contributed by atoms with Gasteiger partial charge in [0, 0.05) is 0 Å². The molecule has 0 amide bonds. The fourth-order valence-corrected chi connectivity index (χ4v) is 1.70. The molecule has 1 aromatic carbocycles. The zero-order chi connectivity index (χ0) is 10.7. The quantitative estimate of drug-likeness (QED) is 0.791. The van der Waals surface area contributed by atoms with Crippen molar-refractivity contribution < 1.29 is 0 Å². The Morgan fingerprint density at radius 2 is 2.13 bits per heavy atom. The van der Waals surface area contributed by atoms with Gasteiger partial charge in [-0.2, -0.15) is 5.10 Å². The van der Waals surface area contributed by atoms with E-state index in [-0.39, 0.29) is 6.04 Å². The Hall–Kier alpha value is -1.68. The summed E-state index contributed by atoms with van der Waals surface area (Å²) < 4.78 is 0. The standard InChI is InChI=1S/C11H14N4/c1-8-5-3-4-6-9(8)10(12-2)11-13-7-14-15-11/h3-7,10,12H,1-2H3,(H,13,14,15). The van der Waals surface area contributed by atoms with Crippen LogP contribution in [-0.4, -0.2) is 22.2 Å². The normalized spacial score (nSPS) is 12.7. The highest BCUT2D eigenvalue weighted by molar-refractivity contribution is 5.32. The highest BCUT2D eigenvalue weighted by Crippen LogP contribution is 2.20. The third kappa shape index (κ3) is 1.89. The Kier molecular flexibility index (Phi) is 2.78. The lowest BCUT2D eigenvalue weighted by Crippen LogP contribution is -2.20. The largest absolute Gasteiger partial charge is 0.307 e. The molecule has 1 unspecified atom stereocenters. The predicted octanol–water partition coefficient (Wildman–Crippen LogP) is 1.42. The first kappa shape index (κ1) is 9.86. The fraction of sp³-hybridized carbons (Fsp3) is 0.273. The van der Waals surface area contributed by atoms with Crippen LogP contribution >= 0.6 is 0 Å². The maximum absolute atomic E-state index is 4.18. The van der Waals surface area contributed by atoms with Crippen molar-refractivity contribution in [3.8, 4) is 0 Å². The van der Waals surface area contributed by atoms with Gasteiger partial charge in [-0.15, -0.1) is 0 Å². The molecule has 0 spiro atoms. The molecule has 0 fully saturated rings. The van der Waals surface area contributed by atoms with E-state index in [1.165, 1.54) is 17.5 Å². The molecule has 15 heavy (non-hydrogen) atoms. The lowest BCUT2D eigenvalue weighted by molar-refractivity contribution is 0.646. The number of aromatic nitrogens is 3. The Labute approximate surface area is 88.8 Å². The lowest BCUT2D eigenvalue weighted by atomic mass is 10.0. The topological polar surface area (TPSA) is 53.6 Å². The van der Waals surface area contributed by atoms with Crippen molar-refractivity contribution in [1.82, 2.24) is 20.5 Å². The summed E-state index contributed by atoms with van der Waals surface area (Å²) in [6.45, 7) is 2.09. The lowest BCUT2D eigenvalue weighted by Gasteiger charge is -2.15. The van der Waals surface area contributed by atoms with Crippen molar-refractivity contribution in [2.75, 3.05) is 7.05 Å². The summed E-state index contributed by atoms with van der Waals surface area (Å²) >= 11 is 0. The van der Waals surface area contributed by atoms with Gasteiger partial charge in [0.05, 0.1) is 6.04 Å². The fourth-order valence-electron chi connectivity index (χ4n) is 1.70.